The normalized spacial score (nSPS) is 11.8. The second-order valence-corrected chi connectivity index (χ2v) is 5.82. The summed E-state index contributed by atoms with van der Waals surface area (Å²) in [6.07, 6.45) is 3.93. The number of benzene rings is 1. The van der Waals surface area contributed by atoms with Crippen LogP contribution in [0.4, 0.5) is 0 Å². The van der Waals surface area contributed by atoms with Gasteiger partial charge in [-0.15, -0.1) is 0 Å². The summed E-state index contributed by atoms with van der Waals surface area (Å²) in [7, 11) is 0. The minimum absolute atomic E-state index is 0.427. The Morgan fingerprint density at radius 2 is 1.95 bits per heavy atom. The highest BCUT2D eigenvalue weighted by Gasteiger charge is 2.13. The molecule has 4 heteroatoms. The van der Waals surface area contributed by atoms with Crippen LogP contribution >= 0.6 is 11.8 Å². The number of aromatic nitrogens is 3. The van der Waals surface area contributed by atoms with E-state index in [2.05, 4.69) is 48.5 Å². The van der Waals surface area contributed by atoms with Crippen LogP contribution in [0.3, 0.4) is 0 Å². The first-order valence-corrected chi connectivity index (χ1v) is 7.65. The molecule has 0 radical (unpaired) electrons. The molecule has 0 atom stereocenters. The molecule has 3 nitrogen and oxygen atoms in total. The van der Waals surface area contributed by atoms with Crippen LogP contribution in [0.2, 0.25) is 0 Å². The van der Waals surface area contributed by atoms with Gasteiger partial charge in [0.2, 0.25) is 0 Å². The maximum absolute atomic E-state index is 4.71. The van der Waals surface area contributed by atoms with E-state index in [4.69, 9.17) is 4.98 Å². The molecular weight excluding hydrogens is 254 g/mol. The van der Waals surface area contributed by atoms with Crippen LogP contribution in [-0.4, -0.2) is 20.8 Å². The molecule has 19 heavy (non-hydrogen) atoms. The zero-order valence-electron chi connectivity index (χ0n) is 11.6. The van der Waals surface area contributed by atoms with Crippen molar-refractivity contribution in [1.29, 1.82) is 0 Å². The van der Waals surface area contributed by atoms with Crippen molar-refractivity contribution in [2.24, 2.45) is 0 Å². The van der Waals surface area contributed by atoms with Gasteiger partial charge in [0.05, 0.1) is 11.0 Å². The number of thioether (sulfide) groups is 1. The number of rotatable bonds is 2. The molecule has 0 aliphatic carbocycles. The molecule has 0 saturated heterocycles. The number of hydrogen-bond acceptors (Lipinski definition) is 3. The SMILES string of the molecule is CSc1ncc2ccc3cc(C)n(C(C)C)c3c2n1. The quantitative estimate of drug-likeness (QED) is 0.517. The van der Waals surface area contributed by atoms with Crippen molar-refractivity contribution >= 4 is 33.6 Å². The van der Waals surface area contributed by atoms with Gasteiger partial charge in [-0.05, 0) is 33.1 Å². The summed E-state index contributed by atoms with van der Waals surface area (Å²) in [5.41, 5.74) is 3.56. The van der Waals surface area contributed by atoms with Crippen molar-refractivity contribution in [2.45, 2.75) is 32.0 Å². The van der Waals surface area contributed by atoms with Crippen LogP contribution in [0, 0.1) is 6.92 Å². The summed E-state index contributed by atoms with van der Waals surface area (Å²) < 4.78 is 2.36. The van der Waals surface area contributed by atoms with E-state index in [1.54, 1.807) is 11.8 Å². The van der Waals surface area contributed by atoms with Crippen LogP contribution in [0.15, 0.2) is 29.6 Å². The predicted molar refractivity (Wildman–Crippen MR) is 81.9 cm³/mol. The zero-order chi connectivity index (χ0) is 13.6. The lowest BCUT2D eigenvalue weighted by molar-refractivity contribution is 0.608. The van der Waals surface area contributed by atoms with Gasteiger partial charge in [0.25, 0.3) is 0 Å². The number of hydrogen-bond donors (Lipinski definition) is 0. The summed E-state index contributed by atoms with van der Waals surface area (Å²) in [4.78, 5) is 9.07. The van der Waals surface area contributed by atoms with Gasteiger partial charge in [0, 0.05) is 28.7 Å². The molecule has 98 valence electrons. The first-order valence-electron chi connectivity index (χ1n) is 6.43. The van der Waals surface area contributed by atoms with Gasteiger partial charge in [-0.25, -0.2) is 9.97 Å². The van der Waals surface area contributed by atoms with Gasteiger partial charge in [-0.1, -0.05) is 23.9 Å². The average Bonchev–Trinajstić information content (AvgIpc) is 2.74. The molecule has 0 aliphatic rings. The maximum atomic E-state index is 4.71. The monoisotopic (exact) mass is 271 g/mol. The van der Waals surface area contributed by atoms with Crippen molar-refractivity contribution < 1.29 is 0 Å². The molecule has 0 fully saturated rings. The molecule has 1 aromatic carbocycles. The zero-order valence-corrected chi connectivity index (χ0v) is 12.5. The molecule has 0 amide bonds. The lowest BCUT2D eigenvalue weighted by atomic mass is 10.2. The Morgan fingerprint density at radius 3 is 2.63 bits per heavy atom. The fraction of sp³-hybridized carbons (Fsp3) is 0.333. The van der Waals surface area contributed by atoms with E-state index < -0.39 is 0 Å². The molecule has 2 aromatic heterocycles. The summed E-state index contributed by atoms with van der Waals surface area (Å²) in [6.45, 7) is 6.58. The van der Waals surface area contributed by atoms with E-state index in [1.165, 1.54) is 16.6 Å². The molecule has 3 rings (SSSR count). The second kappa shape index (κ2) is 4.53. The van der Waals surface area contributed by atoms with Gasteiger partial charge < -0.3 is 4.57 Å². The highest BCUT2D eigenvalue weighted by molar-refractivity contribution is 7.98. The van der Waals surface area contributed by atoms with Crippen LogP contribution in [0.25, 0.3) is 21.8 Å². The predicted octanol–water partition coefficient (Wildman–Crippen LogP) is 4.20. The minimum atomic E-state index is 0.427. The van der Waals surface area contributed by atoms with E-state index >= 15 is 0 Å². The number of aryl methyl sites for hydroxylation is 1. The molecule has 0 N–H and O–H groups in total. The standard InChI is InChI=1S/C15H17N3S/c1-9(2)18-10(3)7-11-5-6-12-8-16-15(19-4)17-13(12)14(11)18/h5-9H,1-4H3. The van der Waals surface area contributed by atoms with Gasteiger partial charge in [-0.2, -0.15) is 0 Å². The molecule has 0 saturated carbocycles. The largest absolute Gasteiger partial charge is 0.341 e. The third-order valence-electron chi connectivity index (χ3n) is 3.42. The van der Waals surface area contributed by atoms with E-state index in [0.717, 1.165) is 16.1 Å². The van der Waals surface area contributed by atoms with Crippen molar-refractivity contribution in [3.05, 3.63) is 30.1 Å². The number of nitrogens with zero attached hydrogens (tertiary/aromatic N) is 3. The Bertz CT molecular complexity index is 759. The van der Waals surface area contributed by atoms with Crippen molar-refractivity contribution in [2.75, 3.05) is 6.26 Å². The lowest BCUT2D eigenvalue weighted by Gasteiger charge is -2.13. The molecule has 2 heterocycles. The summed E-state index contributed by atoms with van der Waals surface area (Å²) in [5, 5.41) is 3.18. The van der Waals surface area contributed by atoms with Crippen molar-refractivity contribution in [3.63, 3.8) is 0 Å². The molecule has 3 aromatic rings. The minimum Gasteiger partial charge on any atom is -0.341 e. The second-order valence-electron chi connectivity index (χ2n) is 5.05. The highest BCUT2D eigenvalue weighted by atomic mass is 32.2. The summed E-state index contributed by atoms with van der Waals surface area (Å²) >= 11 is 1.58. The Morgan fingerprint density at radius 1 is 1.21 bits per heavy atom. The summed E-state index contributed by atoms with van der Waals surface area (Å²) in [6, 6.07) is 6.92. The third-order valence-corrected chi connectivity index (χ3v) is 3.98. The van der Waals surface area contributed by atoms with Gasteiger partial charge in [-0.3, -0.25) is 0 Å². The average molecular weight is 271 g/mol. The Balaban J connectivity index is 2.49. The smallest absolute Gasteiger partial charge is 0.187 e. The number of fused-ring (bicyclic) bond motifs is 3. The van der Waals surface area contributed by atoms with Crippen molar-refractivity contribution in [1.82, 2.24) is 14.5 Å². The molecular formula is C15H17N3S. The fourth-order valence-electron chi connectivity index (χ4n) is 2.69. The molecule has 0 spiro atoms. The molecule has 0 unspecified atom stereocenters. The topological polar surface area (TPSA) is 30.7 Å². The van der Waals surface area contributed by atoms with Crippen LogP contribution in [0.5, 0.6) is 0 Å². The van der Waals surface area contributed by atoms with E-state index in [1.807, 2.05) is 12.5 Å². The van der Waals surface area contributed by atoms with E-state index in [-0.39, 0.29) is 0 Å². The van der Waals surface area contributed by atoms with Crippen LogP contribution in [-0.2, 0) is 0 Å². The van der Waals surface area contributed by atoms with Crippen molar-refractivity contribution in [3.8, 4) is 0 Å². The molecule has 0 bridgehead atoms. The lowest BCUT2D eigenvalue weighted by Crippen LogP contribution is -2.03. The van der Waals surface area contributed by atoms with E-state index in [0.29, 0.717) is 6.04 Å². The third kappa shape index (κ3) is 1.91. The van der Waals surface area contributed by atoms with Gasteiger partial charge in [0.1, 0.15) is 0 Å². The Kier molecular flexibility index (Phi) is 2.97. The Labute approximate surface area is 117 Å². The fourth-order valence-corrected chi connectivity index (χ4v) is 3.03. The maximum Gasteiger partial charge on any atom is 0.187 e. The van der Waals surface area contributed by atoms with Crippen LogP contribution < -0.4 is 0 Å². The van der Waals surface area contributed by atoms with Gasteiger partial charge >= 0.3 is 0 Å². The van der Waals surface area contributed by atoms with E-state index in [9.17, 15) is 0 Å². The first kappa shape index (κ1) is 12.5. The highest BCUT2D eigenvalue weighted by Crippen LogP contribution is 2.30. The Hall–Kier alpha value is -1.55. The van der Waals surface area contributed by atoms with Crippen LogP contribution in [0.1, 0.15) is 25.6 Å². The van der Waals surface area contributed by atoms with Gasteiger partial charge in [0.15, 0.2) is 5.16 Å². The summed E-state index contributed by atoms with van der Waals surface area (Å²) in [5.74, 6) is 0. The first-order chi connectivity index (χ1) is 9.11. The molecule has 0 aliphatic heterocycles.